The number of hydrogen-bond donors (Lipinski definition) is 2. The van der Waals surface area contributed by atoms with E-state index in [2.05, 4.69) is 57.1 Å². The number of fused-ring (bicyclic) bond motifs is 1. The minimum atomic E-state index is 0.0819. The van der Waals surface area contributed by atoms with Crippen molar-refractivity contribution >= 4 is 38.9 Å². The molecule has 21 heavy (non-hydrogen) atoms. The van der Waals surface area contributed by atoms with Crippen LogP contribution in [0.1, 0.15) is 36.1 Å². The molecule has 1 aromatic carbocycles. The molecule has 110 valence electrons. The molecule has 3 nitrogen and oxygen atoms in total. The van der Waals surface area contributed by atoms with E-state index in [0.717, 1.165) is 28.0 Å². The maximum atomic E-state index is 11.5. The van der Waals surface area contributed by atoms with Crippen molar-refractivity contribution in [3.63, 3.8) is 0 Å². The Hall–Kier alpha value is -1.17. The zero-order valence-electron chi connectivity index (χ0n) is 11.8. The normalized spacial score (nSPS) is 14.9. The summed E-state index contributed by atoms with van der Waals surface area (Å²) in [5.74, 6) is 0.0819. The molecule has 0 saturated carbocycles. The van der Waals surface area contributed by atoms with E-state index in [1.54, 1.807) is 11.3 Å². The van der Waals surface area contributed by atoms with Gasteiger partial charge in [0, 0.05) is 5.69 Å². The maximum Gasteiger partial charge on any atom is 0.228 e. The van der Waals surface area contributed by atoms with Crippen molar-refractivity contribution in [2.75, 3.05) is 11.9 Å². The number of carbonyl (C=O) groups is 1. The molecule has 0 bridgehead atoms. The fourth-order valence-corrected chi connectivity index (χ4v) is 3.82. The van der Waals surface area contributed by atoms with Crippen LogP contribution in [0.25, 0.3) is 0 Å². The molecular weight excluding hydrogens is 348 g/mol. The van der Waals surface area contributed by atoms with Crippen molar-refractivity contribution in [3.05, 3.63) is 50.1 Å². The van der Waals surface area contributed by atoms with Gasteiger partial charge in [-0.05, 0) is 63.1 Å². The quantitative estimate of drug-likeness (QED) is 0.838. The van der Waals surface area contributed by atoms with Crippen LogP contribution in [0, 0.1) is 0 Å². The Labute approximate surface area is 136 Å². The van der Waals surface area contributed by atoms with E-state index >= 15 is 0 Å². The number of halogens is 1. The Kier molecular flexibility index (Phi) is 4.42. The summed E-state index contributed by atoms with van der Waals surface area (Å²) in [6, 6.07) is 8.59. The van der Waals surface area contributed by atoms with Crippen LogP contribution in [0.4, 0.5) is 5.69 Å². The predicted octanol–water partition coefficient (Wildman–Crippen LogP) is 4.09. The first-order valence-electron chi connectivity index (χ1n) is 7.07. The molecule has 1 atom stereocenters. The number of rotatable bonds is 5. The van der Waals surface area contributed by atoms with Crippen LogP contribution in [-0.2, 0) is 11.2 Å². The molecule has 1 aromatic heterocycles. The van der Waals surface area contributed by atoms with Crippen LogP contribution in [-0.4, -0.2) is 12.5 Å². The number of nitrogens with one attached hydrogen (secondary N) is 2. The second-order valence-corrected chi connectivity index (χ2v) is 7.50. The van der Waals surface area contributed by atoms with Crippen molar-refractivity contribution in [3.8, 4) is 0 Å². The van der Waals surface area contributed by atoms with Crippen molar-refractivity contribution in [2.45, 2.75) is 25.8 Å². The fourth-order valence-electron chi connectivity index (χ4n) is 2.62. The second-order valence-electron chi connectivity index (χ2n) is 5.21. The van der Waals surface area contributed by atoms with Gasteiger partial charge in [0.2, 0.25) is 5.91 Å². The Morgan fingerprint density at radius 1 is 1.38 bits per heavy atom. The average molecular weight is 365 g/mol. The van der Waals surface area contributed by atoms with Crippen LogP contribution in [0.15, 0.2) is 33.4 Å². The summed E-state index contributed by atoms with van der Waals surface area (Å²) in [5, 5.41) is 8.66. The Bertz CT molecular complexity index is 668. The molecule has 0 radical (unpaired) electrons. The third-order valence-electron chi connectivity index (χ3n) is 3.61. The molecule has 3 rings (SSSR count). The second kappa shape index (κ2) is 6.30. The Morgan fingerprint density at radius 3 is 2.95 bits per heavy atom. The minimum Gasteiger partial charge on any atom is -0.326 e. The topological polar surface area (TPSA) is 41.1 Å². The minimum absolute atomic E-state index is 0.0819. The summed E-state index contributed by atoms with van der Waals surface area (Å²) >= 11 is 5.23. The number of thiophene rings is 1. The summed E-state index contributed by atoms with van der Waals surface area (Å²) in [6.07, 6.45) is 1.57. The van der Waals surface area contributed by atoms with Crippen LogP contribution in [0.3, 0.4) is 0 Å². The lowest BCUT2D eigenvalue weighted by Crippen LogP contribution is -2.22. The van der Waals surface area contributed by atoms with Crippen molar-refractivity contribution in [2.24, 2.45) is 0 Å². The zero-order chi connectivity index (χ0) is 14.8. The molecule has 1 amide bonds. The smallest absolute Gasteiger partial charge is 0.228 e. The van der Waals surface area contributed by atoms with Crippen molar-refractivity contribution in [1.29, 1.82) is 0 Å². The molecule has 1 aliphatic rings. The Morgan fingerprint density at radius 2 is 2.24 bits per heavy atom. The first kappa shape index (κ1) is 14.8. The number of benzene rings is 1. The van der Waals surface area contributed by atoms with E-state index in [-0.39, 0.29) is 11.9 Å². The van der Waals surface area contributed by atoms with Gasteiger partial charge in [-0.3, -0.25) is 4.79 Å². The molecule has 1 unspecified atom stereocenters. The first-order valence-corrected chi connectivity index (χ1v) is 8.74. The van der Waals surface area contributed by atoms with E-state index in [0.29, 0.717) is 6.42 Å². The number of amides is 1. The van der Waals surface area contributed by atoms with Gasteiger partial charge in [0.25, 0.3) is 0 Å². The number of hydrogen-bond acceptors (Lipinski definition) is 3. The molecule has 0 aliphatic carbocycles. The summed E-state index contributed by atoms with van der Waals surface area (Å²) in [5.41, 5.74) is 4.51. The lowest BCUT2D eigenvalue weighted by molar-refractivity contribution is -0.115. The predicted molar refractivity (Wildman–Crippen MR) is 90.9 cm³/mol. The summed E-state index contributed by atoms with van der Waals surface area (Å²) < 4.78 is 1.14. The molecule has 5 heteroatoms. The van der Waals surface area contributed by atoms with Gasteiger partial charge < -0.3 is 10.6 Å². The third kappa shape index (κ3) is 3.20. The molecule has 0 fully saturated rings. The van der Waals surface area contributed by atoms with Gasteiger partial charge in [-0.1, -0.05) is 19.1 Å². The molecular formula is C16H17BrN2OS. The van der Waals surface area contributed by atoms with Gasteiger partial charge in [0.15, 0.2) is 0 Å². The van der Waals surface area contributed by atoms with Gasteiger partial charge in [0.1, 0.15) is 0 Å². The highest BCUT2D eigenvalue weighted by Crippen LogP contribution is 2.32. The Balaban J connectivity index is 1.93. The molecule has 2 heterocycles. The molecule has 0 saturated heterocycles. The summed E-state index contributed by atoms with van der Waals surface area (Å²) in [4.78, 5) is 11.5. The number of anilines is 1. The van der Waals surface area contributed by atoms with Crippen LogP contribution < -0.4 is 10.6 Å². The highest BCUT2D eigenvalue weighted by atomic mass is 79.9. The first-order chi connectivity index (χ1) is 10.2. The van der Waals surface area contributed by atoms with Crippen LogP contribution in [0.5, 0.6) is 0 Å². The zero-order valence-corrected chi connectivity index (χ0v) is 14.2. The van der Waals surface area contributed by atoms with Crippen molar-refractivity contribution < 1.29 is 4.79 Å². The van der Waals surface area contributed by atoms with Crippen LogP contribution >= 0.6 is 27.3 Å². The molecule has 0 spiro atoms. The van der Waals surface area contributed by atoms with E-state index in [1.165, 1.54) is 11.1 Å². The SMILES string of the molecule is CCCNC(c1csc(Br)c1)c1ccc2c(c1)CC(=O)N2. The number of carbonyl (C=O) groups excluding carboxylic acids is 1. The van der Waals surface area contributed by atoms with E-state index in [1.807, 2.05) is 6.07 Å². The average Bonchev–Trinajstić information content (AvgIpc) is 3.04. The highest BCUT2D eigenvalue weighted by Gasteiger charge is 2.21. The highest BCUT2D eigenvalue weighted by molar-refractivity contribution is 9.11. The van der Waals surface area contributed by atoms with Crippen LogP contribution in [0.2, 0.25) is 0 Å². The monoisotopic (exact) mass is 364 g/mol. The largest absolute Gasteiger partial charge is 0.326 e. The van der Waals surface area contributed by atoms with E-state index in [9.17, 15) is 4.79 Å². The summed E-state index contributed by atoms with van der Waals surface area (Å²) in [6.45, 7) is 3.13. The van der Waals surface area contributed by atoms with Gasteiger partial charge >= 0.3 is 0 Å². The van der Waals surface area contributed by atoms with E-state index < -0.39 is 0 Å². The van der Waals surface area contributed by atoms with Gasteiger partial charge in [-0.25, -0.2) is 0 Å². The van der Waals surface area contributed by atoms with Gasteiger partial charge in [0.05, 0.1) is 16.2 Å². The van der Waals surface area contributed by atoms with Gasteiger partial charge in [-0.2, -0.15) is 0 Å². The van der Waals surface area contributed by atoms with Gasteiger partial charge in [-0.15, -0.1) is 11.3 Å². The molecule has 2 N–H and O–H groups in total. The fraction of sp³-hybridized carbons (Fsp3) is 0.312. The molecule has 1 aliphatic heterocycles. The maximum absolute atomic E-state index is 11.5. The lowest BCUT2D eigenvalue weighted by atomic mass is 9.98. The summed E-state index contributed by atoms with van der Waals surface area (Å²) in [7, 11) is 0. The van der Waals surface area contributed by atoms with Crippen molar-refractivity contribution in [1.82, 2.24) is 5.32 Å². The van der Waals surface area contributed by atoms with E-state index in [4.69, 9.17) is 0 Å². The standard InChI is InChI=1S/C16H17BrN2OS/c1-2-5-18-16(12-7-14(17)21-9-12)10-3-4-13-11(6-10)8-15(20)19-13/h3-4,6-7,9,16,18H,2,5,8H2,1H3,(H,19,20). The third-order valence-corrected chi connectivity index (χ3v) is 5.13. The lowest BCUT2D eigenvalue weighted by Gasteiger charge is -2.19. The molecule has 2 aromatic rings.